The predicted octanol–water partition coefficient (Wildman–Crippen LogP) is 1.81. The van der Waals surface area contributed by atoms with Crippen molar-refractivity contribution < 1.29 is 0 Å². The molecule has 2 nitrogen and oxygen atoms in total. The van der Waals surface area contributed by atoms with E-state index in [2.05, 4.69) is 31.1 Å². The van der Waals surface area contributed by atoms with Crippen LogP contribution < -0.4 is 5.32 Å². The van der Waals surface area contributed by atoms with Crippen molar-refractivity contribution in [3.05, 3.63) is 30.0 Å². The molecule has 0 fully saturated rings. The van der Waals surface area contributed by atoms with Gasteiger partial charge in [0.05, 0.1) is 11.9 Å². The van der Waals surface area contributed by atoms with Gasteiger partial charge >= 0.3 is 0 Å². The van der Waals surface area contributed by atoms with Gasteiger partial charge in [-0.1, -0.05) is 5.57 Å². The monoisotopic (exact) mass is 161 g/mol. The summed E-state index contributed by atoms with van der Waals surface area (Å²) in [5, 5.41) is 3.42. The highest BCUT2D eigenvalue weighted by Crippen LogP contribution is 2.29. The van der Waals surface area contributed by atoms with Gasteiger partial charge in [-0.2, -0.15) is 0 Å². The summed E-state index contributed by atoms with van der Waals surface area (Å²) in [7, 11) is 0. The first-order valence-corrected chi connectivity index (χ1v) is 4.15. The quantitative estimate of drug-likeness (QED) is 0.575. The van der Waals surface area contributed by atoms with Crippen molar-refractivity contribution in [3.63, 3.8) is 0 Å². The summed E-state index contributed by atoms with van der Waals surface area (Å²) < 4.78 is 0. The standard InChI is InChI=1S/C10H13N2/c1-7-4-10(2,3)12-9-6-11-5-8(7)9/h5-6,12H,1,4H2,2-3H3. The van der Waals surface area contributed by atoms with Crippen LogP contribution in [0.3, 0.4) is 0 Å². The van der Waals surface area contributed by atoms with Crippen molar-refractivity contribution in [2.24, 2.45) is 4.99 Å². The molecule has 2 aliphatic rings. The molecule has 12 heavy (non-hydrogen) atoms. The second kappa shape index (κ2) is 2.22. The summed E-state index contributed by atoms with van der Waals surface area (Å²) in [4.78, 5) is 4.10. The van der Waals surface area contributed by atoms with E-state index in [0.29, 0.717) is 0 Å². The number of hydrogen-bond donors (Lipinski definition) is 1. The third-order valence-electron chi connectivity index (χ3n) is 2.21. The van der Waals surface area contributed by atoms with Crippen molar-refractivity contribution >= 4 is 6.21 Å². The largest absolute Gasteiger partial charge is 0.378 e. The summed E-state index contributed by atoms with van der Waals surface area (Å²) >= 11 is 0. The van der Waals surface area contributed by atoms with Crippen LogP contribution in [0, 0.1) is 6.92 Å². The van der Waals surface area contributed by atoms with E-state index in [1.54, 1.807) is 0 Å². The lowest BCUT2D eigenvalue weighted by atomic mass is 9.88. The van der Waals surface area contributed by atoms with Gasteiger partial charge in [-0.15, -0.1) is 0 Å². The zero-order valence-electron chi connectivity index (χ0n) is 7.52. The SMILES string of the molecule is [CH2]C1=C2C=NC=C2NC(C)(C)C1. The first kappa shape index (κ1) is 7.59. The van der Waals surface area contributed by atoms with Crippen LogP contribution in [0.5, 0.6) is 0 Å². The Morgan fingerprint density at radius 2 is 2.33 bits per heavy atom. The highest BCUT2D eigenvalue weighted by Gasteiger charge is 2.28. The number of fused-ring (bicyclic) bond motifs is 1. The Balaban J connectivity index is 2.42. The summed E-state index contributed by atoms with van der Waals surface area (Å²) in [5.41, 5.74) is 3.61. The van der Waals surface area contributed by atoms with E-state index < -0.39 is 0 Å². The van der Waals surface area contributed by atoms with Crippen molar-refractivity contribution in [1.82, 2.24) is 5.32 Å². The maximum Gasteiger partial charge on any atom is 0.0619 e. The Hall–Kier alpha value is -1.05. The van der Waals surface area contributed by atoms with Crippen LogP contribution in [0.1, 0.15) is 20.3 Å². The minimum Gasteiger partial charge on any atom is -0.378 e. The predicted molar refractivity (Wildman–Crippen MR) is 50.8 cm³/mol. The van der Waals surface area contributed by atoms with Gasteiger partial charge in [-0.05, 0) is 27.2 Å². The number of rotatable bonds is 0. The molecule has 2 heteroatoms. The van der Waals surface area contributed by atoms with Gasteiger partial charge in [-0.25, -0.2) is 0 Å². The molecule has 0 saturated heterocycles. The Morgan fingerprint density at radius 3 is 3.08 bits per heavy atom. The molecule has 2 aliphatic heterocycles. The van der Waals surface area contributed by atoms with Gasteiger partial charge in [0.1, 0.15) is 0 Å². The Kier molecular flexibility index (Phi) is 1.40. The zero-order chi connectivity index (χ0) is 8.77. The van der Waals surface area contributed by atoms with Crippen molar-refractivity contribution in [1.29, 1.82) is 0 Å². The van der Waals surface area contributed by atoms with Crippen LogP contribution in [0.25, 0.3) is 0 Å². The number of hydrogen-bond acceptors (Lipinski definition) is 2. The van der Waals surface area contributed by atoms with Crippen LogP contribution in [-0.2, 0) is 0 Å². The molecule has 0 spiro atoms. The molecule has 2 heterocycles. The average Bonchev–Trinajstić information content (AvgIpc) is 2.31. The molecular formula is C10H13N2. The lowest BCUT2D eigenvalue weighted by Gasteiger charge is -2.33. The van der Waals surface area contributed by atoms with E-state index in [4.69, 9.17) is 0 Å². The molecule has 0 unspecified atom stereocenters. The van der Waals surface area contributed by atoms with E-state index in [9.17, 15) is 0 Å². The molecule has 63 valence electrons. The first-order valence-electron chi connectivity index (χ1n) is 4.15. The lowest BCUT2D eigenvalue weighted by Crippen LogP contribution is -2.42. The fourth-order valence-corrected chi connectivity index (χ4v) is 1.74. The number of aliphatic imine (C=N–C) groups is 1. The molecule has 0 amide bonds. The summed E-state index contributed by atoms with van der Waals surface area (Å²) in [6.45, 7) is 8.39. The van der Waals surface area contributed by atoms with Crippen molar-refractivity contribution in [2.45, 2.75) is 25.8 Å². The maximum atomic E-state index is 4.10. The zero-order valence-corrected chi connectivity index (χ0v) is 7.52. The number of allylic oxidation sites excluding steroid dienone is 1. The van der Waals surface area contributed by atoms with Crippen LogP contribution in [-0.4, -0.2) is 11.8 Å². The van der Waals surface area contributed by atoms with E-state index in [0.717, 1.165) is 12.1 Å². The van der Waals surface area contributed by atoms with Gasteiger partial charge in [-0.3, -0.25) is 4.99 Å². The normalized spacial score (nSPS) is 25.1. The van der Waals surface area contributed by atoms with Crippen LogP contribution in [0.4, 0.5) is 0 Å². The minimum absolute atomic E-state index is 0.125. The second-order valence-electron chi connectivity index (χ2n) is 4.02. The number of nitrogens with zero attached hydrogens (tertiary/aromatic N) is 1. The minimum atomic E-state index is 0.125. The Bertz CT molecular complexity index is 306. The molecule has 0 aromatic rings. The van der Waals surface area contributed by atoms with Gasteiger partial charge in [0, 0.05) is 17.3 Å². The van der Waals surface area contributed by atoms with E-state index in [-0.39, 0.29) is 5.54 Å². The Morgan fingerprint density at radius 1 is 1.58 bits per heavy atom. The Labute approximate surface area is 73.1 Å². The summed E-state index contributed by atoms with van der Waals surface area (Å²) in [5.74, 6) is 0. The van der Waals surface area contributed by atoms with Crippen molar-refractivity contribution in [3.8, 4) is 0 Å². The molecule has 0 bridgehead atoms. The molecule has 2 rings (SSSR count). The molecular weight excluding hydrogens is 148 g/mol. The van der Waals surface area contributed by atoms with Gasteiger partial charge in [0.15, 0.2) is 0 Å². The van der Waals surface area contributed by atoms with Gasteiger partial charge < -0.3 is 5.32 Å². The molecule has 0 aromatic heterocycles. The van der Waals surface area contributed by atoms with Crippen molar-refractivity contribution in [2.75, 3.05) is 0 Å². The fraction of sp³-hybridized carbons (Fsp3) is 0.400. The molecule has 0 atom stereocenters. The van der Waals surface area contributed by atoms with E-state index in [1.807, 2.05) is 12.4 Å². The second-order valence-corrected chi connectivity index (χ2v) is 4.02. The summed E-state index contributed by atoms with van der Waals surface area (Å²) in [6.07, 6.45) is 4.73. The first-order chi connectivity index (χ1) is 5.58. The van der Waals surface area contributed by atoms with Gasteiger partial charge in [0.25, 0.3) is 0 Å². The van der Waals surface area contributed by atoms with Crippen LogP contribution >= 0.6 is 0 Å². The average molecular weight is 161 g/mol. The molecule has 1 N–H and O–H groups in total. The smallest absolute Gasteiger partial charge is 0.0619 e. The fourth-order valence-electron chi connectivity index (χ4n) is 1.74. The summed E-state index contributed by atoms with van der Waals surface area (Å²) in [6, 6.07) is 0. The molecule has 0 aromatic carbocycles. The third-order valence-corrected chi connectivity index (χ3v) is 2.21. The molecule has 0 aliphatic carbocycles. The van der Waals surface area contributed by atoms with Crippen LogP contribution in [0.15, 0.2) is 28.0 Å². The third kappa shape index (κ3) is 1.07. The number of nitrogens with one attached hydrogen (secondary N) is 1. The van der Waals surface area contributed by atoms with E-state index in [1.165, 1.54) is 11.1 Å². The molecule has 1 radical (unpaired) electrons. The van der Waals surface area contributed by atoms with Crippen LogP contribution in [0.2, 0.25) is 0 Å². The topological polar surface area (TPSA) is 24.4 Å². The maximum absolute atomic E-state index is 4.10. The highest BCUT2D eigenvalue weighted by molar-refractivity contribution is 5.89. The highest BCUT2D eigenvalue weighted by atomic mass is 15.0. The van der Waals surface area contributed by atoms with E-state index >= 15 is 0 Å². The lowest BCUT2D eigenvalue weighted by molar-refractivity contribution is 0.418. The molecule has 0 saturated carbocycles. The van der Waals surface area contributed by atoms with Gasteiger partial charge in [0.2, 0.25) is 0 Å².